The number of aromatic nitrogens is 4. The summed E-state index contributed by atoms with van der Waals surface area (Å²) in [5.41, 5.74) is 2.75. The summed E-state index contributed by atoms with van der Waals surface area (Å²) in [4.78, 5) is 13.7. The predicted molar refractivity (Wildman–Crippen MR) is 98.2 cm³/mol. The van der Waals surface area contributed by atoms with Gasteiger partial charge in [0, 0.05) is 12.5 Å². The first-order valence-corrected chi connectivity index (χ1v) is 9.13. The molecular formula is C19H21ClN4O. The van der Waals surface area contributed by atoms with Gasteiger partial charge < -0.3 is 9.30 Å². The maximum Gasteiger partial charge on any atom is 0.165 e. The number of aryl methyl sites for hydroxylation is 2. The second kappa shape index (κ2) is 7.00. The van der Waals surface area contributed by atoms with Crippen LogP contribution in [-0.2, 0) is 13.0 Å². The van der Waals surface area contributed by atoms with Gasteiger partial charge in [-0.25, -0.2) is 15.0 Å². The summed E-state index contributed by atoms with van der Waals surface area (Å²) in [6.45, 7) is 0.793. The number of rotatable bonds is 5. The van der Waals surface area contributed by atoms with Crippen molar-refractivity contribution in [1.82, 2.24) is 19.5 Å². The summed E-state index contributed by atoms with van der Waals surface area (Å²) in [5.74, 6) is 2.18. The van der Waals surface area contributed by atoms with Crippen LogP contribution < -0.4 is 4.74 Å². The molecule has 0 saturated heterocycles. The molecule has 0 bridgehead atoms. The molecule has 25 heavy (non-hydrogen) atoms. The van der Waals surface area contributed by atoms with Crippen molar-refractivity contribution in [3.8, 4) is 5.75 Å². The lowest BCUT2D eigenvalue weighted by Crippen LogP contribution is -2.05. The van der Waals surface area contributed by atoms with Crippen molar-refractivity contribution in [2.45, 2.75) is 44.6 Å². The van der Waals surface area contributed by atoms with Crippen LogP contribution >= 0.6 is 11.6 Å². The Morgan fingerprint density at radius 1 is 1.24 bits per heavy atom. The molecule has 1 fully saturated rings. The Bertz CT molecular complexity index is 886. The molecule has 6 heteroatoms. The van der Waals surface area contributed by atoms with Crippen molar-refractivity contribution >= 4 is 22.8 Å². The van der Waals surface area contributed by atoms with Crippen LogP contribution in [0.3, 0.4) is 0 Å². The summed E-state index contributed by atoms with van der Waals surface area (Å²) >= 11 is 6.37. The number of imidazole rings is 1. The number of ether oxygens (including phenoxy) is 1. The van der Waals surface area contributed by atoms with Gasteiger partial charge in [-0.1, -0.05) is 36.6 Å². The van der Waals surface area contributed by atoms with Crippen molar-refractivity contribution in [3.63, 3.8) is 0 Å². The highest BCUT2D eigenvalue weighted by molar-refractivity contribution is 6.33. The minimum Gasteiger partial charge on any atom is -0.497 e. The van der Waals surface area contributed by atoms with Gasteiger partial charge >= 0.3 is 0 Å². The SMILES string of the molecule is COc1cccc(CCn2cnc3c(Cl)nc(C4CCCC4)nc32)c1. The number of fused-ring (bicyclic) bond motifs is 1. The van der Waals surface area contributed by atoms with E-state index in [1.54, 1.807) is 7.11 Å². The maximum atomic E-state index is 6.37. The van der Waals surface area contributed by atoms with E-state index >= 15 is 0 Å². The molecule has 1 aromatic carbocycles. The fourth-order valence-electron chi connectivity index (χ4n) is 3.53. The molecule has 3 aromatic rings. The van der Waals surface area contributed by atoms with E-state index in [-0.39, 0.29) is 0 Å². The van der Waals surface area contributed by atoms with Gasteiger partial charge in [0.15, 0.2) is 10.8 Å². The molecule has 1 saturated carbocycles. The Morgan fingerprint density at radius 2 is 2.08 bits per heavy atom. The molecule has 5 nitrogen and oxygen atoms in total. The Kier molecular flexibility index (Phi) is 4.57. The molecule has 130 valence electrons. The zero-order valence-corrected chi connectivity index (χ0v) is 15.0. The van der Waals surface area contributed by atoms with Crippen LogP contribution in [0.15, 0.2) is 30.6 Å². The first-order chi connectivity index (χ1) is 12.2. The average Bonchev–Trinajstić information content (AvgIpc) is 3.30. The van der Waals surface area contributed by atoms with Crippen LogP contribution in [0.4, 0.5) is 0 Å². The van der Waals surface area contributed by atoms with Crippen LogP contribution in [0, 0.1) is 0 Å². The molecular weight excluding hydrogens is 336 g/mol. The Morgan fingerprint density at radius 3 is 2.88 bits per heavy atom. The monoisotopic (exact) mass is 356 g/mol. The van der Waals surface area contributed by atoms with E-state index in [1.807, 2.05) is 18.5 Å². The fraction of sp³-hybridized carbons (Fsp3) is 0.421. The molecule has 0 spiro atoms. The number of hydrogen-bond donors (Lipinski definition) is 0. The lowest BCUT2D eigenvalue weighted by atomic mass is 10.1. The third kappa shape index (κ3) is 3.33. The number of nitrogens with zero attached hydrogens (tertiary/aromatic N) is 4. The van der Waals surface area contributed by atoms with Crippen LogP contribution in [0.25, 0.3) is 11.2 Å². The summed E-state index contributed by atoms with van der Waals surface area (Å²) in [7, 11) is 1.69. The molecule has 2 aromatic heterocycles. The van der Waals surface area contributed by atoms with Crippen molar-refractivity contribution in [1.29, 1.82) is 0 Å². The van der Waals surface area contributed by atoms with Gasteiger partial charge in [-0.05, 0) is 37.0 Å². The van der Waals surface area contributed by atoms with Crippen LogP contribution in [-0.4, -0.2) is 26.6 Å². The standard InChI is InChI=1S/C19H21ClN4O/c1-25-15-8-4-5-13(11-15)9-10-24-12-21-16-17(20)22-18(23-19(16)24)14-6-2-3-7-14/h4-5,8,11-12,14H,2-3,6-7,9-10H2,1H3. The first-order valence-electron chi connectivity index (χ1n) is 8.76. The largest absolute Gasteiger partial charge is 0.497 e. The number of methoxy groups -OCH3 is 1. The van der Waals surface area contributed by atoms with Crippen molar-refractivity contribution in [2.75, 3.05) is 7.11 Å². The Labute approximate surface area is 152 Å². The highest BCUT2D eigenvalue weighted by Crippen LogP contribution is 2.33. The molecule has 4 rings (SSSR count). The topological polar surface area (TPSA) is 52.8 Å². The highest BCUT2D eigenvalue weighted by Gasteiger charge is 2.22. The predicted octanol–water partition coefficient (Wildman–Crippen LogP) is 4.39. The van der Waals surface area contributed by atoms with Crippen molar-refractivity contribution < 1.29 is 4.74 Å². The molecule has 0 amide bonds. The minimum atomic E-state index is 0.434. The molecule has 1 aliphatic carbocycles. The van der Waals surface area contributed by atoms with E-state index < -0.39 is 0 Å². The highest BCUT2D eigenvalue weighted by atomic mass is 35.5. The molecule has 0 aliphatic heterocycles. The number of hydrogen-bond acceptors (Lipinski definition) is 4. The molecule has 0 unspecified atom stereocenters. The van der Waals surface area contributed by atoms with Gasteiger partial charge in [0.05, 0.1) is 13.4 Å². The van der Waals surface area contributed by atoms with E-state index in [4.69, 9.17) is 21.3 Å². The van der Waals surface area contributed by atoms with E-state index in [1.165, 1.54) is 18.4 Å². The molecule has 1 aliphatic rings. The molecule has 0 atom stereocenters. The van der Waals surface area contributed by atoms with Gasteiger partial charge in [-0.3, -0.25) is 0 Å². The second-order valence-electron chi connectivity index (χ2n) is 6.57. The Hall–Kier alpha value is -2.14. The molecule has 2 heterocycles. The fourth-order valence-corrected chi connectivity index (χ4v) is 3.75. The quantitative estimate of drug-likeness (QED) is 0.636. The summed E-state index contributed by atoms with van der Waals surface area (Å²) in [6, 6.07) is 8.13. The smallest absolute Gasteiger partial charge is 0.165 e. The summed E-state index contributed by atoms with van der Waals surface area (Å²) in [5, 5.41) is 0.465. The maximum absolute atomic E-state index is 6.37. The average molecular weight is 357 g/mol. The summed E-state index contributed by atoms with van der Waals surface area (Å²) in [6.07, 6.45) is 7.49. The van der Waals surface area contributed by atoms with E-state index in [2.05, 4.69) is 26.7 Å². The zero-order chi connectivity index (χ0) is 17.2. The lowest BCUT2D eigenvalue weighted by Gasteiger charge is -2.10. The lowest BCUT2D eigenvalue weighted by molar-refractivity contribution is 0.414. The van der Waals surface area contributed by atoms with Crippen LogP contribution in [0.5, 0.6) is 5.75 Å². The minimum absolute atomic E-state index is 0.434. The normalized spacial score (nSPS) is 15.1. The Balaban J connectivity index is 1.60. The number of benzene rings is 1. The van der Waals surface area contributed by atoms with Gasteiger partial charge in [-0.15, -0.1) is 0 Å². The first kappa shape index (κ1) is 16.3. The van der Waals surface area contributed by atoms with Crippen LogP contribution in [0.2, 0.25) is 5.15 Å². The zero-order valence-electron chi connectivity index (χ0n) is 14.3. The van der Waals surface area contributed by atoms with Gasteiger partial charge in [0.1, 0.15) is 17.1 Å². The van der Waals surface area contributed by atoms with E-state index in [0.717, 1.165) is 43.0 Å². The third-order valence-corrected chi connectivity index (χ3v) is 5.20. The summed E-state index contributed by atoms with van der Waals surface area (Å²) < 4.78 is 7.36. The van der Waals surface area contributed by atoms with E-state index in [9.17, 15) is 0 Å². The molecule has 0 N–H and O–H groups in total. The van der Waals surface area contributed by atoms with Gasteiger partial charge in [0.2, 0.25) is 0 Å². The number of halogens is 1. The van der Waals surface area contributed by atoms with Crippen LogP contribution in [0.1, 0.15) is 43.0 Å². The third-order valence-electron chi connectivity index (χ3n) is 4.93. The van der Waals surface area contributed by atoms with Gasteiger partial charge in [-0.2, -0.15) is 0 Å². The van der Waals surface area contributed by atoms with Gasteiger partial charge in [0.25, 0.3) is 0 Å². The molecule has 0 radical (unpaired) electrons. The van der Waals surface area contributed by atoms with Crippen molar-refractivity contribution in [2.24, 2.45) is 0 Å². The van der Waals surface area contributed by atoms with E-state index in [0.29, 0.717) is 16.6 Å². The van der Waals surface area contributed by atoms with Crippen molar-refractivity contribution in [3.05, 3.63) is 47.1 Å². The second-order valence-corrected chi connectivity index (χ2v) is 6.92.